The fraction of sp³-hybridized carbons (Fsp3) is 0.464. The fourth-order valence-corrected chi connectivity index (χ4v) is 4.10. The lowest BCUT2D eigenvalue weighted by Crippen LogP contribution is -2.31. The standard InChI is InChI=1S/C28H38N4/c1-2-3-4-5-6-7-8-9-10-11-21-30-26-16-18-27(19-17-26)32-22-20-28(31-32)25-14-12-24(23-29)13-15-25/h12-20,30-31H,2-11,21-22H2,1H3. The van der Waals surface area contributed by atoms with Gasteiger partial charge in [0.25, 0.3) is 0 Å². The van der Waals surface area contributed by atoms with Gasteiger partial charge in [0, 0.05) is 12.2 Å². The van der Waals surface area contributed by atoms with Crippen molar-refractivity contribution in [3.05, 3.63) is 65.7 Å². The molecule has 1 aliphatic rings. The zero-order valence-electron chi connectivity index (χ0n) is 19.6. The Kier molecular flexibility index (Phi) is 9.99. The monoisotopic (exact) mass is 430 g/mol. The summed E-state index contributed by atoms with van der Waals surface area (Å²) in [5.74, 6) is 0. The molecular weight excluding hydrogens is 392 g/mol. The molecule has 0 fully saturated rings. The maximum Gasteiger partial charge on any atom is 0.0991 e. The van der Waals surface area contributed by atoms with Crippen LogP contribution < -0.4 is 15.8 Å². The average molecular weight is 431 g/mol. The second kappa shape index (κ2) is 13.5. The predicted octanol–water partition coefficient (Wildman–Crippen LogP) is 7.26. The summed E-state index contributed by atoms with van der Waals surface area (Å²) in [7, 11) is 0. The number of hydrogen-bond acceptors (Lipinski definition) is 4. The fourth-order valence-electron chi connectivity index (χ4n) is 4.10. The van der Waals surface area contributed by atoms with E-state index in [4.69, 9.17) is 5.26 Å². The number of unbranched alkanes of at least 4 members (excludes halogenated alkanes) is 9. The highest BCUT2D eigenvalue weighted by atomic mass is 15.5. The van der Waals surface area contributed by atoms with E-state index >= 15 is 0 Å². The minimum atomic E-state index is 0.685. The topological polar surface area (TPSA) is 51.1 Å². The molecule has 4 heteroatoms. The van der Waals surface area contributed by atoms with E-state index in [1.54, 1.807) is 0 Å². The second-order valence-corrected chi connectivity index (χ2v) is 8.68. The average Bonchev–Trinajstić information content (AvgIpc) is 3.33. The lowest BCUT2D eigenvalue weighted by Gasteiger charge is -2.21. The first-order valence-corrected chi connectivity index (χ1v) is 12.4. The minimum Gasteiger partial charge on any atom is -0.385 e. The van der Waals surface area contributed by atoms with E-state index in [2.05, 4.69) is 59.1 Å². The summed E-state index contributed by atoms with van der Waals surface area (Å²) >= 11 is 0. The lowest BCUT2D eigenvalue weighted by molar-refractivity contribution is 0.560. The van der Waals surface area contributed by atoms with Gasteiger partial charge in [-0.25, -0.2) is 0 Å². The molecule has 0 saturated heterocycles. The van der Waals surface area contributed by atoms with Crippen LogP contribution in [0.4, 0.5) is 11.4 Å². The summed E-state index contributed by atoms with van der Waals surface area (Å²) in [5, 5.41) is 14.6. The third kappa shape index (κ3) is 7.64. The van der Waals surface area contributed by atoms with Gasteiger partial charge >= 0.3 is 0 Å². The summed E-state index contributed by atoms with van der Waals surface area (Å²) in [6.45, 7) is 4.14. The molecule has 4 nitrogen and oxygen atoms in total. The molecule has 0 radical (unpaired) electrons. The number of hydrogen-bond donors (Lipinski definition) is 2. The first-order valence-electron chi connectivity index (χ1n) is 12.4. The van der Waals surface area contributed by atoms with Gasteiger partial charge in [-0.3, -0.25) is 10.4 Å². The highest BCUT2D eigenvalue weighted by Crippen LogP contribution is 2.23. The van der Waals surface area contributed by atoms with E-state index in [0.717, 1.165) is 30.0 Å². The molecule has 1 aliphatic heterocycles. The molecule has 2 N–H and O–H groups in total. The van der Waals surface area contributed by atoms with Gasteiger partial charge in [-0.05, 0) is 54.5 Å². The maximum absolute atomic E-state index is 8.96. The number of nitrogens with zero attached hydrogens (tertiary/aromatic N) is 2. The van der Waals surface area contributed by atoms with Gasteiger partial charge in [-0.2, -0.15) is 5.26 Å². The molecule has 170 valence electrons. The van der Waals surface area contributed by atoms with E-state index in [9.17, 15) is 0 Å². The smallest absolute Gasteiger partial charge is 0.0991 e. The Morgan fingerprint density at radius 1 is 0.844 bits per heavy atom. The Labute approximate surface area is 194 Å². The first-order chi connectivity index (χ1) is 15.8. The van der Waals surface area contributed by atoms with Crippen LogP contribution in [0.3, 0.4) is 0 Å². The molecule has 0 atom stereocenters. The normalized spacial score (nSPS) is 12.9. The minimum absolute atomic E-state index is 0.685. The number of nitriles is 1. The molecule has 2 aromatic rings. The molecule has 32 heavy (non-hydrogen) atoms. The molecule has 0 amide bonds. The molecule has 0 aliphatic carbocycles. The second-order valence-electron chi connectivity index (χ2n) is 8.68. The van der Waals surface area contributed by atoms with Crippen LogP contribution >= 0.6 is 0 Å². The van der Waals surface area contributed by atoms with Crippen LogP contribution in [0.15, 0.2) is 54.6 Å². The van der Waals surface area contributed by atoms with Gasteiger partial charge in [0.05, 0.1) is 29.6 Å². The van der Waals surface area contributed by atoms with E-state index in [0.29, 0.717) is 5.56 Å². The van der Waals surface area contributed by atoms with Crippen molar-refractivity contribution in [3.8, 4) is 6.07 Å². The number of benzene rings is 2. The van der Waals surface area contributed by atoms with Crippen molar-refractivity contribution in [1.29, 1.82) is 5.26 Å². The summed E-state index contributed by atoms with van der Waals surface area (Å²) in [5.41, 5.74) is 8.66. The molecule has 3 rings (SSSR count). The van der Waals surface area contributed by atoms with Crippen LogP contribution in [-0.2, 0) is 0 Å². The lowest BCUT2D eigenvalue weighted by atomic mass is 10.1. The van der Waals surface area contributed by atoms with Gasteiger partial charge < -0.3 is 5.32 Å². The van der Waals surface area contributed by atoms with Crippen molar-refractivity contribution in [2.24, 2.45) is 0 Å². The van der Waals surface area contributed by atoms with E-state index < -0.39 is 0 Å². The Hall–Kier alpha value is -2.93. The van der Waals surface area contributed by atoms with Gasteiger partial charge in [0.2, 0.25) is 0 Å². The van der Waals surface area contributed by atoms with Gasteiger partial charge in [-0.15, -0.1) is 0 Å². The SMILES string of the molecule is CCCCCCCCCCCCNc1ccc(N2CC=C(c3ccc(C#N)cc3)N2)cc1. The summed E-state index contributed by atoms with van der Waals surface area (Å²) in [6.07, 6.45) is 15.9. The Morgan fingerprint density at radius 2 is 1.47 bits per heavy atom. The van der Waals surface area contributed by atoms with Crippen LogP contribution in [0.1, 0.15) is 82.3 Å². The van der Waals surface area contributed by atoms with Crippen LogP contribution in [-0.4, -0.2) is 13.1 Å². The molecule has 2 aromatic carbocycles. The number of nitrogens with one attached hydrogen (secondary N) is 2. The molecule has 1 heterocycles. The number of anilines is 2. The van der Waals surface area contributed by atoms with E-state index in [1.807, 2.05) is 24.3 Å². The quantitative estimate of drug-likeness (QED) is 0.310. The molecule has 0 unspecified atom stereocenters. The van der Waals surface area contributed by atoms with Crippen LogP contribution in [0.25, 0.3) is 5.70 Å². The zero-order valence-corrected chi connectivity index (χ0v) is 19.6. The van der Waals surface area contributed by atoms with Gasteiger partial charge in [-0.1, -0.05) is 76.8 Å². The molecule has 0 bridgehead atoms. The Bertz CT molecular complexity index is 862. The van der Waals surface area contributed by atoms with Crippen molar-refractivity contribution in [2.45, 2.75) is 71.1 Å². The van der Waals surface area contributed by atoms with Crippen LogP contribution in [0.2, 0.25) is 0 Å². The Balaban J connectivity index is 1.30. The van der Waals surface area contributed by atoms with Crippen molar-refractivity contribution < 1.29 is 0 Å². The van der Waals surface area contributed by atoms with E-state index in [-0.39, 0.29) is 0 Å². The van der Waals surface area contributed by atoms with Gasteiger partial charge in [0.1, 0.15) is 0 Å². The highest BCUT2D eigenvalue weighted by molar-refractivity contribution is 5.70. The van der Waals surface area contributed by atoms with Crippen molar-refractivity contribution >= 4 is 17.1 Å². The van der Waals surface area contributed by atoms with Crippen molar-refractivity contribution in [1.82, 2.24) is 5.43 Å². The van der Waals surface area contributed by atoms with Crippen molar-refractivity contribution in [2.75, 3.05) is 23.4 Å². The molecule has 0 aromatic heterocycles. The third-order valence-electron chi connectivity index (χ3n) is 6.10. The van der Waals surface area contributed by atoms with E-state index in [1.165, 1.54) is 69.9 Å². The van der Waals surface area contributed by atoms with Crippen molar-refractivity contribution in [3.63, 3.8) is 0 Å². The highest BCUT2D eigenvalue weighted by Gasteiger charge is 2.15. The van der Waals surface area contributed by atoms with Crippen LogP contribution in [0, 0.1) is 11.3 Å². The summed E-state index contributed by atoms with van der Waals surface area (Å²) in [4.78, 5) is 0. The zero-order chi connectivity index (χ0) is 22.4. The predicted molar refractivity (Wildman–Crippen MR) is 136 cm³/mol. The number of rotatable bonds is 14. The maximum atomic E-state index is 8.96. The third-order valence-corrected chi connectivity index (χ3v) is 6.10. The van der Waals surface area contributed by atoms with Gasteiger partial charge in [0.15, 0.2) is 0 Å². The molecule has 0 saturated carbocycles. The Morgan fingerprint density at radius 3 is 2.09 bits per heavy atom. The first kappa shape index (κ1) is 23.7. The summed E-state index contributed by atoms with van der Waals surface area (Å²) < 4.78 is 0. The molecular formula is C28H38N4. The largest absolute Gasteiger partial charge is 0.385 e. The molecule has 0 spiro atoms. The summed E-state index contributed by atoms with van der Waals surface area (Å²) in [6, 6.07) is 18.5. The van der Waals surface area contributed by atoms with Crippen LogP contribution in [0.5, 0.6) is 0 Å². The number of hydrazine groups is 1.